The van der Waals surface area contributed by atoms with Crippen molar-refractivity contribution < 1.29 is 28.7 Å². The molecule has 5 atom stereocenters. The molecule has 5 amide bonds. The number of likely N-dealkylation sites (tertiary alicyclic amines) is 1. The smallest absolute Gasteiger partial charge is 0.315 e. The molecule has 1 aliphatic heterocycles. The second-order valence-corrected chi connectivity index (χ2v) is 16.4. The lowest BCUT2D eigenvalue weighted by Crippen LogP contribution is -2.63. The number of rotatable bonds is 13. The number of amides is 5. The van der Waals surface area contributed by atoms with E-state index in [1.54, 1.807) is 4.90 Å². The highest BCUT2D eigenvalue weighted by Gasteiger charge is 2.70. The molecule has 0 aromatic heterocycles. The third-order valence-corrected chi connectivity index (χ3v) is 11.5. The predicted octanol–water partition coefficient (Wildman–Crippen LogP) is 3.83. The van der Waals surface area contributed by atoms with E-state index in [1.165, 1.54) is 0 Å². The molecule has 1 unspecified atom stereocenters. The molecule has 0 bridgehead atoms. The zero-order valence-corrected chi connectivity index (χ0v) is 29.3. The highest BCUT2D eigenvalue weighted by atomic mass is 16.5. The molecule has 1 saturated heterocycles. The topological polar surface area (TPSA) is 160 Å². The molecule has 3 aliphatic carbocycles. The Hall–Kier alpha value is -3.47. The summed E-state index contributed by atoms with van der Waals surface area (Å²) in [7, 11) is 0. The molecule has 5 rings (SSSR count). The Labute approximate surface area is 284 Å². The maximum Gasteiger partial charge on any atom is 0.315 e. The van der Waals surface area contributed by atoms with Crippen LogP contribution in [0.3, 0.4) is 0 Å². The van der Waals surface area contributed by atoms with Crippen LogP contribution < -0.4 is 21.7 Å². The number of carbonyl (C=O) groups excluding carboxylic acids is 5. The minimum Gasteiger partial charge on any atom is -0.374 e. The average molecular weight is 666 g/mol. The number of nitrogens with zero attached hydrogens (tertiary/aromatic N) is 1. The number of primary amides is 1. The van der Waals surface area contributed by atoms with Crippen LogP contribution in [0.2, 0.25) is 0 Å². The third kappa shape index (κ3) is 7.87. The Morgan fingerprint density at radius 1 is 0.979 bits per heavy atom. The molecule has 3 saturated carbocycles. The molecule has 5 N–H and O–H groups in total. The molecule has 1 aromatic rings. The fraction of sp³-hybridized carbons (Fsp3) is 0.703. The largest absolute Gasteiger partial charge is 0.374 e. The van der Waals surface area contributed by atoms with E-state index in [1.807, 2.05) is 51.1 Å². The molecule has 11 nitrogen and oxygen atoms in total. The maximum absolute atomic E-state index is 14.4. The molecular formula is C37H55N5O6. The van der Waals surface area contributed by atoms with Gasteiger partial charge < -0.3 is 31.3 Å². The second kappa shape index (κ2) is 14.2. The summed E-state index contributed by atoms with van der Waals surface area (Å²) in [5.41, 5.74) is 5.04. The van der Waals surface area contributed by atoms with Gasteiger partial charge in [0, 0.05) is 6.54 Å². The van der Waals surface area contributed by atoms with E-state index in [0.29, 0.717) is 26.2 Å². The number of nitrogens with two attached hydrogens (primary N) is 1. The van der Waals surface area contributed by atoms with Crippen LogP contribution in [-0.4, -0.2) is 71.3 Å². The van der Waals surface area contributed by atoms with Gasteiger partial charge in [-0.2, -0.15) is 0 Å². The summed E-state index contributed by atoms with van der Waals surface area (Å²) in [5.74, 6) is -2.42. The Balaban J connectivity index is 1.29. The molecule has 0 spiro atoms. The zero-order valence-electron chi connectivity index (χ0n) is 29.3. The first-order valence-electron chi connectivity index (χ1n) is 17.8. The SMILES string of the molecule is CC(C)(C)[C@H](NC(=O)NC1(COCc2ccccc2)CCCCC1)C(=O)N1C[C@H]2[C@@H]([C@H]1C(=O)NC(CC1CCC1)C(=O)C(N)=O)C2(C)C. The van der Waals surface area contributed by atoms with Crippen LogP contribution in [0.5, 0.6) is 0 Å². The number of urea groups is 1. The Morgan fingerprint density at radius 3 is 2.23 bits per heavy atom. The first-order valence-corrected chi connectivity index (χ1v) is 17.8. The number of ketones is 1. The molecule has 4 aliphatic rings. The number of nitrogens with one attached hydrogen (secondary N) is 3. The second-order valence-electron chi connectivity index (χ2n) is 16.4. The van der Waals surface area contributed by atoms with Crippen molar-refractivity contribution in [1.29, 1.82) is 0 Å². The summed E-state index contributed by atoms with van der Waals surface area (Å²) in [6.07, 6.45) is 7.88. The molecule has 264 valence electrons. The van der Waals surface area contributed by atoms with Gasteiger partial charge in [0.1, 0.15) is 12.1 Å². The minimum absolute atomic E-state index is 0.101. The summed E-state index contributed by atoms with van der Waals surface area (Å²) in [5, 5.41) is 9.03. The molecule has 4 fully saturated rings. The van der Waals surface area contributed by atoms with Crippen LogP contribution in [0.15, 0.2) is 30.3 Å². The summed E-state index contributed by atoms with van der Waals surface area (Å²) in [6.45, 7) is 11.0. The van der Waals surface area contributed by atoms with E-state index in [0.717, 1.165) is 56.9 Å². The van der Waals surface area contributed by atoms with Crippen molar-refractivity contribution in [2.45, 2.75) is 123 Å². The third-order valence-electron chi connectivity index (χ3n) is 11.5. The van der Waals surface area contributed by atoms with Crippen molar-refractivity contribution in [3.8, 4) is 0 Å². The number of ether oxygens (including phenoxy) is 1. The van der Waals surface area contributed by atoms with Crippen molar-refractivity contribution in [1.82, 2.24) is 20.9 Å². The standard InChI is InChI=1S/C37H55N5O6/c1-35(2,3)30(40-34(47)41-37(17-10-7-11-18-37)22-48-21-24-13-8-6-9-14-24)33(46)42-20-25-27(36(25,4)5)28(42)32(45)39-26(29(43)31(38)44)19-23-15-12-16-23/h6,8-9,13-14,23,25-28,30H,7,10-12,15-22H2,1-5H3,(H2,38,44)(H,39,45)(H2,40,41,47)/t25-,26?,27-,28-,30+/m0/s1. The Kier molecular flexibility index (Phi) is 10.6. The maximum atomic E-state index is 14.4. The van der Waals surface area contributed by atoms with Gasteiger partial charge in [0.15, 0.2) is 0 Å². The van der Waals surface area contributed by atoms with Crippen molar-refractivity contribution in [2.75, 3.05) is 13.2 Å². The van der Waals surface area contributed by atoms with Crippen LogP contribution >= 0.6 is 0 Å². The van der Waals surface area contributed by atoms with Crippen LogP contribution in [0, 0.1) is 28.6 Å². The van der Waals surface area contributed by atoms with Gasteiger partial charge in [0.05, 0.1) is 24.8 Å². The van der Waals surface area contributed by atoms with Crippen molar-refractivity contribution in [2.24, 2.45) is 34.3 Å². The quantitative estimate of drug-likeness (QED) is 0.234. The van der Waals surface area contributed by atoms with Crippen LogP contribution in [0.25, 0.3) is 0 Å². The van der Waals surface area contributed by atoms with Crippen LogP contribution in [-0.2, 0) is 30.5 Å². The molecule has 1 heterocycles. The van der Waals surface area contributed by atoms with Gasteiger partial charge in [-0.15, -0.1) is 0 Å². The number of fused-ring (bicyclic) bond motifs is 1. The molecule has 11 heteroatoms. The van der Waals surface area contributed by atoms with Crippen LogP contribution in [0.1, 0.15) is 98.0 Å². The summed E-state index contributed by atoms with van der Waals surface area (Å²) >= 11 is 0. The van der Waals surface area contributed by atoms with E-state index in [9.17, 15) is 24.0 Å². The van der Waals surface area contributed by atoms with Gasteiger partial charge >= 0.3 is 6.03 Å². The molecule has 48 heavy (non-hydrogen) atoms. The fourth-order valence-corrected chi connectivity index (χ4v) is 8.23. The Morgan fingerprint density at radius 2 is 1.65 bits per heavy atom. The lowest BCUT2D eigenvalue weighted by Gasteiger charge is -2.40. The van der Waals surface area contributed by atoms with Gasteiger partial charge in [-0.3, -0.25) is 19.2 Å². The fourth-order valence-electron chi connectivity index (χ4n) is 8.23. The monoisotopic (exact) mass is 665 g/mol. The van der Waals surface area contributed by atoms with Crippen molar-refractivity contribution in [3.63, 3.8) is 0 Å². The van der Waals surface area contributed by atoms with Gasteiger partial charge in [0.2, 0.25) is 17.6 Å². The number of hydrogen-bond donors (Lipinski definition) is 4. The molecular weight excluding hydrogens is 610 g/mol. The van der Waals surface area contributed by atoms with Crippen molar-refractivity contribution >= 4 is 29.5 Å². The number of carbonyl (C=O) groups is 5. The number of Topliss-reactive ketones (excluding diaryl/α,β-unsaturated/α-hetero) is 1. The number of hydrogen-bond acceptors (Lipinski definition) is 6. The van der Waals surface area contributed by atoms with Gasteiger partial charge in [0.25, 0.3) is 5.91 Å². The molecule has 1 aromatic carbocycles. The summed E-state index contributed by atoms with van der Waals surface area (Å²) in [4.78, 5) is 68.4. The van der Waals surface area contributed by atoms with Gasteiger partial charge in [-0.25, -0.2) is 4.79 Å². The summed E-state index contributed by atoms with van der Waals surface area (Å²) < 4.78 is 6.12. The van der Waals surface area contributed by atoms with Crippen LogP contribution in [0.4, 0.5) is 4.79 Å². The average Bonchev–Trinajstić information content (AvgIpc) is 3.32. The number of benzene rings is 1. The van der Waals surface area contributed by atoms with E-state index in [-0.39, 0.29) is 29.1 Å². The predicted molar refractivity (Wildman–Crippen MR) is 181 cm³/mol. The highest BCUT2D eigenvalue weighted by molar-refractivity contribution is 6.37. The first-order chi connectivity index (χ1) is 22.6. The summed E-state index contributed by atoms with van der Waals surface area (Å²) in [6, 6.07) is 6.72. The van der Waals surface area contributed by atoms with Gasteiger partial charge in [-0.1, -0.05) is 103 Å². The normalized spacial score (nSPS) is 25.5. The minimum atomic E-state index is -1.08. The van der Waals surface area contributed by atoms with E-state index >= 15 is 0 Å². The lowest BCUT2D eigenvalue weighted by atomic mass is 9.80. The number of piperidine rings is 1. The zero-order chi connectivity index (χ0) is 34.9. The van der Waals surface area contributed by atoms with E-state index in [4.69, 9.17) is 10.5 Å². The lowest BCUT2D eigenvalue weighted by molar-refractivity contribution is -0.145. The molecule has 0 radical (unpaired) electrons. The van der Waals surface area contributed by atoms with E-state index in [2.05, 4.69) is 29.8 Å². The van der Waals surface area contributed by atoms with Crippen molar-refractivity contribution in [3.05, 3.63) is 35.9 Å². The van der Waals surface area contributed by atoms with Gasteiger partial charge in [-0.05, 0) is 53.4 Å². The highest BCUT2D eigenvalue weighted by Crippen LogP contribution is 2.65. The van der Waals surface area contributed by atoms with E-state index < -0.39 is 52.7 Å². The first kappa shape index (κ1) is 35.8. The Bertz CT molecular complexity index is 1360.